The summed E-state index contributed by atoms with van der Waals surface area (Å²) in [6.45, 7) is 9.31. The second-order valence-corrected chi connectivity index (χ2v) is 5.89. The monoisotopic (exact) mass is 228 g/mol. The van der Waals surface area contributed by atoms with Crippen molar-refractivity contribution in [1.29, 1.82) is 0 Å². The number of hydrogen-bond donors (Lipinski definition) is 0. The number of carbonyl (C=O) groups excluding carboxylic acids is 2. The third-order valence-corrected chi connectivity index (χ3v) is 2.44. The van der Waals surface area contributed by atoms with Crippen LogP contribution in [0.15, 0.2) is 0 Å². The summed E-state index contributed by atoms with van der Waals surface area (Å²) in [4.78, 5) is 23.2. The molecule has 16 heavy (non-hydrogen) atoms. The number of hydrogen-bond acceptors (Lipinski definition) is 4. The average Bonchev–Trinajstić information content (AvgIpc) is 1.96. The third-order valence-electron chi connectivity index (χ3n) is 2.44. The van der Waals surface area contributed by atoms with Crippen molar-refractivity contribution in [1.82, 2.24) is 0 Å². The van der Waals surface area contributed by atoms with Crippen LogP contribution in [0, 0.1) is 11.3 Å². The average molecular weight is 228 g/mol. The summed E-state index contributed by atoms with van der Waals surface area (Å²) in [6.07, 6.45) is 1.26. The van der Waals surface area contributed by atoms with Crippen molar-refractivity contribution >= 4 is 11.9 Å². The molecule has 0 aromatic rings. The Hall–Kier alpha value is -1.06. The van der Waals surface area contributed by atoms with Crippen LogP contribution in [-0.2, 0) is 19.1 Å². The Bertz CT molecular complexity index is 279. The van der Waals surface area contributed by atoms with E-state index in [4.69, 9.17) is 9.47 Å². The Morgan fingerprint density at radius 3 is 1.94 bits per heavy atom. The van der Waals surface area contributed by atoms with Gasteiger partial charge in [-0.05, 0) is 18.3 Å². The minimum absolute atomic E-state index is 0.0908. The fraction of sp³-hybridized carbons (Fsp3) is 0.833. The van der Waals surface area contributed by atoms with Crippen LogP contribution in [0.3, 0.4) is 0 Å². The summed E-state index contributed by atoms with van der Waals surface area (Å²) in [5.74, 6) is -2.81. The van der Waals surface area contributed by atoms with Crippen LogP contribution in [-0.4, -0.2) is 17.7 Å². The predicted octanol–water partition coefficient (Wildman–Crippen LogP) is 2.27. The van der Waals surface area contributed by atoms with Crippen molar-refractivity contribution < 1.29 is 19.1 Å². The molecule has 0 spiro atoms. The minimum atomic E-state index is -1.12. The van der Waals surface area contributed by atoms with E-state index in [1.807, 2.05) is 0 Å². The summed E-state index contributed by atoms with van der Waals surface area (Å²) >= 11 is 0. The lowest BCUT2D eigenvalue weighted by molar-refractivity contribution is -0.240. The summed E-state index contributed by atoms with van der Waals surface area (Å²) in [5.41, 5.74) is 0.0908. The van der Waals surface area contributed by atoms with Crippen molar-refractivity contribution in [2.24, 2.45) is 11.3 Å². The fourth-order valence-electron chi connectivity index (χ4n) is 1.56. The molecule has 1 aliphatic rings. The molecule has 0 unspecified atom stereocenters. The van der Waals surface area contributed by atoms with E-state index in [-0.39, 0.29) is 5.41 Å². The molecule has 0 N–H and O–H groups in total. The Balaban J connectivity index is 2.62. The van der Waals surface area contributed by atoms with Gasteiger partial charge < -0.3 is 9.47 Å². The molecular weight excluding hydrogens is 208 g/mol. The highest BCUT2D eigenvalue weighted by molar-refractivity contribution is 5.96. The van der Waals surface area contributed by atoms with Gasteiger partial charge in [-0.25, -0.2) is 0 Å². The zero-order chi connectivity index (χ0) is 12.6. The lowest BCUT2D eigenvalue weighted by Gasteiger charge is -2.33. The van der Waals surface area contributed by atoms with Crippen LogP contribution in [0.25, 0.3) is 0 Å². The van der Waals surface area contributed by atoms with Gasteiger partial charge in [0.1, 0.15) is 0 Å². The van der Waals surface area contributed by atoms with Crippen LogP contribution in [0.5, 0.6) is 0 Å². The summed E-state index contributed by atoms with van der Waals surface area (Å²) in [5, 5.41) is 0. The number of ether oxygens (including phenoxy) is 2. The van der Waals surface area contributed by atoms with E-state index in [1.54, 1.807) is 13.8 Å². The number of cyclic esters (lactones) is 2. The molecule has 1 fully saturated rings. The van der Waals surface area contributed by atoms with Crippen LogP contribution >= 0.6 is 0 Å². The first-order chi connectivity index (χ1) is 7.11. The van der Waals surface area contributed by atoms with Gasteiger partial charge in [-0.2, -0.15) is 0 Å². The van der Waals surface area contributed by atoms with Crippen LogP contribution in [0.1, 0.15) is 47.5 Å². The normalized spacial score (nSPS) is 21.6. The number of rotatable bonds is 2. The summed E-state index contributed by atoms with van der Waals surface area (Å²) in [6, 6.07) is 0. The lowest BCUT2D eigenvalue weighted by atomic mass is 9.86. The molecule has 1 aliphatic heterocycles. The zero-order valence-corrected chi connectivity index (χ0v) is 10.6. The summed E-state index contributed by atoms with van der Waals surface area (Å²) < 4.78 is 10.1. The molecule has 4 heteroatoms. The molecule has 1 rings (SSSR count). The van der Waals surface area contributed by atoms with Crippen LogP contribution in [0.2, 0.25) is 0 Å². The Morgan fingerprint density at radius 2 is 1.56 bits per heavy atom. The molecule has 0 bridgehead atoms. The molecule has 92 valence electrons. The predicted molar refractivity (Wildman–Crippen MR) is 58.4 cm³/mol. The van der Waals surface area contributed by atoms with E-state index in [0.29, 0.717) is 6.42 Å². The zero-order valence-electron chi connectivity index (χ0n) is 10.6. The SMILES string of the molecule is CC(C)(C)CCC1C(=O)OC(C)(C)OC1=O. The molecule has 4 nitrogen and oxygen atoms in total. The summed E-state index contributed by atoms with van der Waals surface area (Å²) in [7, 11) is 0. The van der Waals surface area contributed by atoms with E-state index in [2.05, 4.69) is 20.8 Å². The van der Waals surface area contributed by atoms with Crippen molar-refractivity contribution in [2.75, 3.05) is 0 Å². The Labute approximate surface area is 96.3 Å². The van der Waals surface area contributed by atoms with Crippen molar-refractivity contribution in [3.63, 3.8) is 0 Å². The minimum Gasteiger partial charge on any atom is -0.422 e. The fourth-order valence-corrected chi connectivity index (χ4v) is 1.56. The second-order valence-electron chi connectivity index (χ2n) is 5.89. The molecule has 0 radical (unpaired) electrons. The van der Waals surface area contributed by atoms with Gasteiger partial charge >= 0.3 is 11.9 Å². The van der Waals surface area contributed by atoms with Crippen molar-refractivity contribution in [2.45, 2.75) is 53.2 Å². The first-order valence-corrected chi connectivity index (χ1v) is 5.56. The quantitative estimate of drug-likeness (QED) is 0.537. The van der Waals surface area contributed by atoms with E-state index >= 15 is 0 Å². The van der Waals surface area contributed by atoms with E-state index < -0.39 is 23.6 Å². The van der Waals surface area contributed by atoms with Crippen molar-refractivity contribution in [3.05, 3.63) is 0 Å². The second kappa shape index (κ2) is 4.07. The Kier molecular flexibility index (Phi) is 3.31. The van der Waals surface area contributed by atoms with Crippen LogP contribution < -0.4 is 0 Å². The highest BCUT2D eigenvalue weighted by Crippen LogP contribution is 2.29. The first kappa shape index (κ1) is 13.0. The maximum atomic E-state index is 11.6. The van der Waals surface area contributed by atoms with Gasteiger partial charge in [-0.3, -0.25) is 9.59 Å². The smallest absolute Gasteiger partial charge is 0.323 e. The first-order valence-electron chi connectivity index (χ1n) is 5.56. The molecule has 1 heterocycles. The number of esters is 2. The van der Waals surface area contributed by atoms with E-state index in [9.17, 15) is 9.59 Å². The lowest BCUT2D eigenvalue weighted by Crippen LogP contribution is -2.46. The molecule has 1 saturated heterocycles. The van der Waals surface area contributed by atoms with Gasteiger partial charge in [0, 0.05) is 13.8 Å². The largest absolute Gasteiger partial charge is 0.422 e. The molecule has 0 saturated carbocycles. The maximum absolute atomic E-state index is 11.6. The van der Waals surface area contributed by atoms with Crippen molar-refractivity contribution in [3.8, 4) is 0 Å². The number of carbonyl (C=O) groups is 2. The molecule has 0 aromatic heterocycles. The molecular formula is C12H20O4. The van der Waals surface area contributed by atoms with E-state index in [1.165, 1.54) is 0 Å². The van der Waals surface area contributed by atoms with Gasteiger partial charge in [0.05, 0.1) is 0 Å². The Morgan fingerprint density at radius 1 is 1.12 bits per heavy atom. The topological polar surface area (TPSA) is 52.6 Å². The maximum Gasteiger partial charge on any atom is 0.323 e. The standard InChI is InChI=1S/C12H20O4/c1-11(2,3)7-6-8-9(13)15-12(4,5)16-10(8)14/h8H,6-7H2,1-5H3. The van der Waals surface area contributed by atoms with Gasteiger partial charge in [-0.1, -0.05) is 20.8 Å². The third kappa shape index (κ3) is 3.51. The van der Waals surface area contributed by atoms with Gasteiger partial charge in [0.25, 0.3) is 5.79 Å². The molecule has 0 aromatic carbocycles. The van der Waals surface area contributed by atoms with Gasteiger partial charge in [0.15, 0.2) is 5.92 Å². The van der Waals surface area contributed by atoms with Gasteiger partial charge in [-0.15, -0.1) is 0 Å². The molecule has 0 atom stereocenters. The van der Waals surface area contributed by atoms with E-state index in [0.717, 1.165) is 6.42 Å². The molecule has 0 aliphatic carbocycles. The van der Waals surface area contributed by atoms with Gasteiger partial charge in [0.2, 0.25) is 0 Å². The highest BCUT2D eigenvalue weighted by atomic mass is 16.7. The van der Waals surface area contributed by atoms with Crippen LogP contribution in [0.4, 0.5) is 0 Å². The highest BCUT2D eigenvalue weighted by Gasteiger charge is 2.43. The molecule has 0 amide bonds.